The first-order chi connectivity index (χ1) is 9.33. The van der Waals surface area contributed by atoms with E-state index in [1.807, 2.05) is 17.5 Å². The van der Waals surface area contributed by atoms with Crippen LogP contribution in [-0.2, 0) is 19.5 Å². The SMILES string of the molecule is Cc1nccn1CCCN1CCCc2sccc2C1. The van der Waals surface area contributed by atoms with Crippen LogP contribution in [0.15, 0.2) is 23.8 Å². The molecule has 0 saturated heterocycles. The van der Waals surface area contributed by atoms with Crippen LogP contribution in [-0.4, -0.2) is 27.5 Å². The Balaban J connectivity index is 1.52. The molecule has 0 saturated carbocycles. The highest BCUT2D eigenvalue weighted by Gasteiger charge is 2.14. The molecular weight excluding hydrogens is 254 g/mol. The number of fused-ring (bicyclic) bond motifs is 1. The van der Waals surface area contributed by atoms with E-state index in [0.717, 1.165) is 18.9 Å². The summed E-state index contributed by atoms with van der Waals surface area (Å²) in [4.78, 5) is 8.48. The van der Waals surface area contributed by atoms with Crippen molar-refractivity contribution in [1.82, 2.24) is 14.5 Å². The van der Waals surface area contributed by atoms with Crippen molar-refractivity contribution in [2.45, 2.75) is 39.3 Å². The van der Waals surface area contributed by atoms with Crippen molar-refractivity contribution in [3.63, 3.8) is 0 Å². The molecule has 0 radical (unpaired) electrons. The van der Waals surface area contributed by atoms with Crippen molar-refractivity contribution < 1.29 is 0 Å². The topological polar surface area (TPSA) is 21.1 Å². The predicted octanol–water partition coefficient (Wildman–Crippen LogP) is 3.09. The van der Waals surface area contributed by atoms with Gasteiger partial charge in [0.05, 0.1) is 0 Å². The van der Waals surface area contributed by atoms with E-state index >= 15 is 0 Å². The fourth-order valence-corrected chi connectivity index (χ4v) is 3.75. The van der Waals surface area contributed by atoms with Crippen LogP contribution in [0.2, 0.25) is 0 Å². The van der Waals surface area contributed by atoms with Gasteiger partial charge in [-0.2, -0.15) is 0 Å². The number of aryl methyl sites for hydroxylation is 3. The number of hydrogen-bond acceptors (Lipinski definition) is 3. The molecule has 3 rings (SSSR count). The normalized spacial score (nSPS) is 16.3. The van der Waals surface area contributed by atoms with E-state index in [9.17, 15) is 0 Å². The number of thiophene rings is 1. The van der Waals surface area contributed by atoms with Crippen molar-refractivity contribution in [3.05, 3.63) is 40.1 Å². The van der Waals surface area contributed by atoms with Crippen LogP contribution >= 0.6 is 11.3 Å². The van der Waals surface area contributed by atoms with E-state index in [-0.39, 0.29) is 0 Å². The van der Waals surface area contributed by atoms with Gasteiger partial charge in [0.15, 0.2) is 0 Å². The average Bonchev–Trinajstić information content (AvgIpc) is 2.95. The summed E-state index contributed by atoms with van der Waals surface area (Å²) in [5.41, 5.74) is 1.56. The fraction of sp³-hybridized carbons (Fsp3) is 0.533. The molecule has 0 aromatic carbocycles. The monoisotopic (exact) mass is 275 g/mol. The molecule has 0 fully saturated rings. The molecule has 0 atom stereocenters. The van der Waals surface area contributed by atoms with Crippen molar-refractivity contribution in [1.29, 1.82) is 0 Å². The molecule has 2 aromatic rings. The third-order valence-electron chi connectivity index (χ3n) is 3.91. The molecule has 102 valence electrons. The zero-order valence-corrected chi connectivity index (χ0v) is 12.3. The number of nitrogens with zero attached hydrogens (tertiary/aromatic N) is 3. The van der Waals surface area contributed by atoms with Crippen LogP contribution in [0.25, 0.3) is 0 Å². The summed E-state index contributed by atoms with van der Waals surface area (Å²) in [6.07, 6.45) is 7.74. The van der Waals surface area contributed by atoms with Crippen molar-refractivity contribution >= 4 is 11.3 Å². The Morgan fingerprint density at radius 2 is 2.32 bits per heavy atom. The molecular formula is C15H21N3S. The molecule has 0 aliphatic carbocycles. The summed E-state index contributed by atoms with van der Waals surface area (Å²) in [6.45, 7) is 6.72. The lowest BCUT2D eigenvalue weighted by Gasteiger charge is -2.20. The van der Waals surface area contributed by atoms with E-state index in [2.05, 4.69) is 39.0 Å². The first-order valence-electron chi connectivity index (χ1n) is 7.08. The summed E-state index contributed by atoms with van der Waals surface area (Å²) in [5, 5.41) is 2.24. The van der Waals surface area contributed by atoms with E-state index in [1.54, 1.807) is 10.4 Å². The Labute approximate surface area is 118 Å². The number of aromatic nitrogens is 2. The first kappa shape index (κ1) is 12.9. The highest BCUT2D eigenvalue weighted by Crippen LogP contribution is 2.23. The van der Waals surface area contributed by atoms with Gasteiger partial charge in [-0.1, -0.05) is 0 Å². The van der Waals surface area contributed by atoms with Gasteiger partial charge in [0.1, 0.15) is 5.82 Å². The highest BCUT2D eigenvalue weighted by atomic mass is 32.1. The second-order valence-corrected chi connectivity index (χ2v) is 6.27. The molecule has 0 unspecified atom stereocenters. The van der Waals surface area contributed by atoms with Crippen LogP contribution < -0.4 is 0 Å². The van der Waals surface area contributed by atoms with E-state index in [1.165, 1.54) is 32.4 Å². The number of rotatable bonds is 4. The Hall–Kier alpha value is -1.13. The van der Waals surface area contributed by atoms with Gasteiger partial charge in [0, 0.05) is 36.9 Å². The molecule has 1 aliphatic rings. The lowest BCUT2D eigenvalue weighted by Crippen LogP contribution is -2.25. The molecule has 4 heteroatoms. The highest BCUT2D eigenvalue weighted by molar-refractivity contribution is 7.10. The Morgan fingerprint density at radius 1 is 1.37 bits per heavy atom. The maximum absolute atomic E-state index is 4.27. The third-order valence-corrected chi connectivity index (χ3v) is 4.93. The molecule has 0 bridgehead atoms. The molecule has 0 N–H and O–H groups in total. The van der Waals surface area contributed by atoms with Crippen LogP contribution in [0.3, 0.4) is 0 Å². The van der Waals surface area contributed by atoms with Crippen LogP contribution in [0, 0.1) is 6.92 Å². The zero-order chi connectivity index (χ0) is 13.1. The lowest BCUT2D eigenvalue weighted by atomic mass is 10.2. The maximum Gasteiger partial charge on any atom is 0.105 e. The van der Waals surface area contributed by atoms with Gasteiger partial charge in [0.25, 0.3) is 0 Å². The zero-order valence-electron chi connectivity index (χ0n) is 11.5. The molecule has 19 heavy (non-hydrogen) atoms. The first-order valence-corrected chi connectivity index (χ1v) is 7.96. The fourth-order valence-electron chi connectivity index (χ4n) is 2.81. The minimum Gasteiger partial charge on any atom is -0.335 e. The molecule has 1 aliphatic heterocycles. The smallest absolute Gasteiger partial charge is 0.105 e. The second-order valence-electron chi connectivity index (χ2n) is 5.27. The number of imidazole rings is 1. The average molecular weight is 275 g/mol. The van der Waals surface area contributed by atoms with Gasteiger partial charge in [-0.25, -0.2) is 4.98 Å². The summed E-state index contributed by atoms with van der Waals surface area (Å²) in [6, 6.07) is 2.30. The molecule has 3 nitrogen and oxygen atoms in total. The van der Waals surface area contributed by atoms with Crippen molar-refractivity contribution in [2.75, 3.05) is 13.1 Å². The maximum atomic E-state index is 4.27. The Morgan fingerprint density at radius 3 is 3.16 bits per heavy atom. The van der Waals surface area contributed by atoms with Gasteiger partial charge in [-0.15, -0.1) is 11.3 Å². The quantitative estimate of drug-likeness (QED) is 0.855. The minimum atomic E-state index is 1.08. The van der Waals surface area contributed by atoms with Crippen LogP contribution in [0.4, 0.5) is 0 Å². The van der Waals surface area contributed by atoms with E-state index in [4.69, 9.17) is 0 Å². The molecule has 2 aromatic heterocycles. The number of hydrogen-bond donors (Lipinski definition) is 0. The largest absolute Gasteiger partial charge is 0.335 e. The van der Waals surface area contributed by atoms with E-state index < -0.39 is 0 Å². The molecule has 0 amide bonds. The van der Waals surface area contributed by atoms with E-state index in [0.29, 0.717) is 0 Å². The minimum absolute atomic E-state index is 1.08. The third kappa shape index (κ3) is 3.07. The summed E-state index contributed by atoms with van der Waals surface area (Å²) < 4.78 is 2.24. The van der Waals surface area contributed by atoms with Gasteiger partial charge in [0.2, 0.25) is 0 Å². The van der Waals surface area contributed by atoms with Crippen LogP contribution in [0.1, 0.15) is 29.1 Å². The van der Waals surface area contributed by atoms with Crippen molar-refractivity contribution in [3.8, 4) is 0 Å². The predicted molar refractivity (Wildman–Crippen MR) is 79.5 cm³/mol. The summed E-state index contributed by atoms with van der Waals surface area (Å²) >= 11 is 1.93. The second kappa shape index (κ2) is 5.88. The Bertz CT molecular complexity index is 529. The standard InChI is InChI=1S/C15H21N3S/c1-13-16-6-10-18(13)9-3-8-17-7-2-4-15-14(12-17)5-11-19-15/h5-6,10-11H,2-4,7-9,12H2,1H3. The summed E-state index contributed by atoms with van der Waals surface area (Å²) in [7, 11) is 0. The van der Waals surface area contributed by atoms with Crippen molar-refractivity contribution in [2.24, 2.45) is 0 Å². The van der Waals surface area contributed by atoms with Gasteiger partial charge >= 0.3 is 0 Å². The van der Waals surface area contributed by atoms with Gasteiger partial charge < -0.3 is 4.57 Å². The van der Waals surface area contributed by atoms with Crippen LogP contribution in [0.5, 0.6) is 0 Å². The van der Waals surface area contributed by atoms with Gasteiger partial charge in [-0.05, 0) is 49.7 Å². The lowest BCUT2D eigenvalue weighted by molar-refractivity contribution is 0.261. The van der Waals surface area contributed by atoms with Gasteiger partial charge in [-0.3, -0.25) is 4.90 Å². The Kier molecular flexibility index (Phi) is 3.99. The summed E-state index contributed by atoms with van der Waals surface area (Å²) in [5.74, 6) is 1.12. The molecule has 0 spiro atoms. The molecule has 3 heterocycles.